The Morgan fingerprint density at radius 1 is 1.00 bits per heavy atom. The highest BCUT2D eigenvalue weighted by Crippen LogP contribution is 2.36. The van der Waals surface area contributed by atoms with Crippen molar-refractivity contribution in [1.29, 1.82) is 0 Å². The number of rotatable bonds is 8. The number of nitrogens with zero attached hydrogens (tertiary/aromatic N) is 5. The lowest BCUT2D eigenvalue weighted by Crippen LogP contribution is -2.28. The van der Waals surface area contributed by atoms with Gasteiger partial charge in [-0.1, -0.05) is 49.9 Å². The van der Waals surface area contributed by atoms with E-state index in [1.807, 2.05) is 42.5 Å². The summed E-state index contributed by atoms with van der Waals surface area (Å²) in [4.78, 5) is 24.2. The van der Waals surface area contributed by atoms with Crippen LogP contribution in [0.3, 0.4) is 0 Å². The van der Waals surface area contributed by atoms with Crippen molar-refractivity contribution in [3.8, 4) is 28.6 Å². The van der Waals surface area contributed by atoms with Crippen LogP contribution in [-0.4, -0.2) is 51.7 Å². The van der Waals surface area contributed by atoms with Crippen LogP contribution in [0.25, 0.3) is 22.6 Å². The van der Waals surface area contributed by atoms with Gasteiger partial charge in [0, 0.05) is 29.2 Å². The van der Waals surface area contributed by atoms with E-state index in [0.717, 1.165) is 71.0 Å². The van der Waals surface area contributed by atoms with Crippen molar-refractivity contribution in [1.82, 2.24) is 20.1 Å². The molecule has 0 radical (unpaired) electrons. The zero-order valence-electron chi connectivity index (χ0n) is 26.0. The predicted molar refractivity (Wildman–Crippen MR) is 177 cm³/mol. The number of urea groups is 1. The molecule has 1 aliphatic heterocycles. The molecule has 3 aromatic carbocycles. The number of carbonyl (C=O) groups excluding carboxylic acids is 1. The zero-order valence-corrected chi connectivity index (χ0v) is 26.9. The highest BCUT2D eigenvalue weighted by Gasteiger charge is 2.31. The molecule has 0 bridgehead atoms. The molecule has 13 heteroatoms. The van der Waals surface area contributed by atoms with Gasteiger partial charge in [-0.05, 0) is 84.3 Å². The van der Waals surface area contributed by atoms with Crippen molar-refractivity contribution in [2.24, 2.45) is 4.99 Å². The maximum absolute atomic E-state index is 13.2. The summed E-state index contributed by atoms with van der Waals surface area (Å²) in [5.41, 5.74) is 6.42. The second-order valence-corrected chi connectivity index (χ2v) is 12.4. The smallest absolute Gasteiger partial charge is 0.497 e. The Labute approximate surface area is 274 Å². The maximum atomic E-state index is 13.2. The molecule has 1 N–H and O–H groups in total. The highest BCUT2D eigenvalue weighted by atomic mass is 32.2. The SMILES string of the molecule is COc1ccc(N2CCSC2=NC(=O)NC2=C(c3ccc(-c4ncn(-c5ccc(OC(F)(F)F)cc5)n4)cc3)CCC2)c(C(C)C)c1. The summed E-state index contributed by atoms with van der Waals surface area (Å²) in [6.07, 6.45) is -0.751. The van der Waals surface area contributed by atoms with Crippen LogP contribution in [-0.2, 0) is 0 Å². The standard InChI is InChI=1S/C34H33F3N6O3S/c1-21(2)28-19-26(45-3)15-16-30(28)42-17-18-47-33(42)40-32(44)39-29-6-4-5-27(29)22-7-9-23(10-8-22)31-38-20-43(41-31)24-11-13-25(14-12-24)46-34(35,36)37/h7-16,19-21H,4-6,17-18H2,1-3H3,(H,39,44). The third-order valence-corrected chi connectivity index (χ3v) is 8.87. The fraction of sp³-hybridized carbons (Fsp3) is 0.294. The number of amides is 2. The Hall–Kier alpha value is -4.78. The fourth-order valence-electron chi connectivity index (χ4n) is 5.67. The predicted octanol–water partition coefficient (Wildman–Crippen LogP) is 8.18. The van der Waals surface area contributed by atoms with E-state index >= 15 is 0 Å². The van der Waals surface area contributed by atoms with Crippen LogP contribution in [0.1, 0.15) is 50.2 Å². The molecule has 0 unspecified atom stereocenters. The van der Waals surface area contributed by atoms with Gasteiger partial charge in [-0.3, -0.25) is 0 Å². The number of methoxy groups -OCH3 is 1. The monoisotopic (exact) mass is 662 g/mol. The first-order valence-electron chi connectivity index (χ1n) is 15.2. The van der Waals surface area contributed by atoms with Gasteiger partial charge in [-0.15, -0.1) is 18.3 Å². The van der Waals surface area contributed by atoms with Gasteiger partial charge in [0.05, 0.1) is 12.8 Å². The van der Waals surface area contributed by atoms with E-state index in [1.54, 1.807) is 18.9 Å². The minimum atomic E-state index is -4.75. The second-order valence-electron chi connectivity index (χ2n) is 11.3. The van der Waals surface area contributed by atoms with Crippen molar-refractivity contribution in [3.05, 3.63) is 89.9 Å². The van der Waals surface area contributed by atoms with Crippen LogP contribution in [0.15, 0.2) is 83.7 Å². The van der Waals surface area contributed by atoms with E-state index in [4.69, 9.17) is 4.74 Å². The Bertz CT molecular complexity index is 1820. The van der Waals surface area contributed by atoms with Crippen molar-refractivity contribution < 1.29 is 27.4 Å². The molecule has 1 fully saturated rings. The summed E-state index contributed by atoms with van der Waals surface area (Å²) in [6, 6.07) is 18.8. The number of hydrogen-bond acceptors (Lipinski definition) is 6. The van der Waals surface area contributed by atoms with Crippen LogP contribution in [0, 0.1) is 0 Å². The van der Waals surface area contributed by atoms with Crippen molar-refractivity contribution in [2.75, 3.05) is 24.3 Å². The van der Waals surface area contributed by atoms with E-state index in [1.165, 1.54) is 35.3 Å². The van der Waals surface area contributed by atoms with Crippen LogP contribution < -0.4 is 19.7 Å². The Morgan fingerprint density at radius 2 is 1.72 bits per heavy atom. The van der Waals surface area contributed by atoms with Gasteiger partial charge >= 0.3 is 12.4 Å². The topological polar surface area (TPSA) is 93.9 Å². The minimum Gasteiger partial charge on any atom is -0.497 e. The molecule has 0 spiro atoms. The molecular weight excluding hydrogens is 629 g/mol. The van der Waals surface area contributed by atoms with Gasteiger partial charge in [0.25, 0.3) is 0 Å². The van der Waals surface area contributed by atoms with Crippen LogP contribution >= 0.6 is 11.8 Å². The van der Waals surface area contributed by atoms with E-state index in [0.29, 0.717) is 16.7 Å². The van der Waals surface area contributed by atoms with Crippen molar-refractivity contribution in [3.63, 3.8) is 0 Å². The molecule has 1 saturated heterocycles. The number of allylic oxidation sites excluding steroid dienone is 2. The van der Waals surface area contributed by atoms with E-state index in [-0.39, 0.29) is 11.7 Å². The molecule has 0 saturated carbocycles. The molecule has 6 rings (SSSR count). The lowest BCUT2D eigenvalue weighted by Gasteiger charge is -2.23. The molecule has 2 amide bonds. The highest BCUT2D eigenvalue weighted by molar-refractivity contribution is 8.14. The average Bonchev–Trinajstić information content (AvgIpc) is 3.82. The number of halogens is 3. The number of alkyl halides is 3. The number of ether oxygens (including phenoxy) is 2. The molecule has 9 nitrogen and oxygen atoms in total. The van der Waals surface area contributed by atoms with E-state index < -0.39 is 12.4 Å². The number of carbonyl (C=O) groups is 1. The lowest BCUT2D eigenvalue weighted by atomic mass is 10.00. The molecule has 2 aliphatic rings. The summed E-state index contributed by atoms with van der Waals surface area (Å²) in [7, 11) is 1.66. The minimum absolute atomic E-state index is 0.271. The zero-order chi connectivity index (χ0) is 33.1. The number of aromatic nitrogens is 3. The van der Waals surface area contributed by atoms with Crippen LogP contribution in [0.4, 0.5) is 23.7 Å². The molecule has 244 valence electrons. The summed E-state index contributed by atoms with van der Waals surface area (Å²) < 4.78 is 48.3. The van der Waals surface area contributed by atoms with Gasteiger partial charge < -0.3 is 19.7 Å². The Balaban J connectivity index is 1.15. The number of amidine groups is 1. The molecular formula is C34H33F3N6O3S. The quantitative estimate of drug-likeness (QED) is 0.203. The first kappa shape index (κ1) is 32.2. The molecule has 1 aliphatic carbocycles. The number of nitrogens with one attached hydrogen (secondary N) is 1. The van der Waals surface area contributed by atoms with Gasteiger partial charge in [0.1, 0.15) is 17.8 Å². The lowest BCUT2D eigenvalue weighted by molar-refractivity contribution is -0.274. The van der Waals surface area contributed by atoms with Crippen molar-refractivity contribution in [2.45, 2.75) is 45.4 Å². The Kier molecular flexibility index (Phi) is 9.26. The summed E-state index contributed by atoms with van der Waals surface area (Å²) in [5.74, 6) is 2.06. The van der Waals surface area contributed by atoms with Crippen LogP contribution in [0.5, 0.6) is 11.5 Å². The number of benzene rings is 3. The molecule has 47 heavy (non-hydrogen) atoms. The first-order chi connectivity index (χ1) is 22.6. The van der Waals surface area contributed by atoms with E-state index in [9.17, 15) is 18.0 Å². The van der Waals surface area contributed by atoms with Gasteiger partial charge in [-0.25, -0.2) is 14.5 Å². The fourth-order valence-corrected chi connectivity index (χ4v) is 6.62. The third kappa shape index (κ3) is 7.46. The molecule has 1 aromatic heterocycles. The number of anilines is 1. The Morgan fingerprint density at radius 3 is 2.43 bits per heavy atom. The van der Waals surface area contributed by atoms with Crippen LogP contribution in [0.2, 0.25) is 0 Å². The average molecular weight is 663 g/mol. The van der Waals surface area contributed by atoms with Gasteiger partial charge in [0.15, 0.2) is 11.0 Å². The first-order valence-corrected chi connectivity index (χ1v) is 16.1. The van der Waals surface area contributed by atoms with Gasteiger partial charge in [0.2, 0.25) is 0 Å². The summed E-state index contributed by atoms with van der Waals surface area (Å²) in [5, 5.41) is 8.22. The van der Waals surface area contributed by atoms with E-state index in [2.05, 4.69) is 43.9 Å². The molecule has 4 aromatic rings. The van der Waals surface area contributed by atoms with Crippen molar-refractivity contribution >= 4 is 34.2 Å². The maximum Gasteiger partial charge on any atom is 0.573 e. The summed E-state index contributed by atoms with van der Waals surface area (Å²) in [6.45, 7) is 5.04. The number of hydrogen-bond donors (Lipinski definition) is 1. The number of aliphatic imine (C=N–C) groups is 1. The molecule has 2 heterocycles. The van der Waals surface area contributed by atoms with Gasteiger partial charge in [-0.2, -0.15) is 4.99 Å². The largest absolute Gasteiger partial charge is 0.573 e. The summed E-state index contributed by atoms with van der Waals surface area (Å²) >= 11 is 1.57. The normalized spacial score (nSPS) is 16.0. The molecule has 0 atom stereocenters. The number of thioether (sulfide) groups is 1. The second kappa shape index (κ2) is 13.5. The third-order valence-electron chi connectivity index (χ3n) is 7.92.